The third-order valence-electron chi connectivity index (χ3n) is 4.95. The van der Waals surface area contributed by atoms with Crippen molar-refractivity contribution in [2.45, 2.75) is 19.8 Å². The van der Waals surface area contributed by atoms with Gasteiger partial charge in [-0.3, -0.25) is 4.68 Å². The molecule has 4 heterocycles. The molecule has 0 spiro atoms. The van der Waals surface area contributed by atoms with Crippen molar-refractivity contribution in [3.05, 3.63) is 35.9 Å². The fourth-order valence-corrected chi connectivity index (χ4v) is 3.45. The van der Waals surface area contributed by atoms with Gasteiger partial charge in [-0.2, -0.15) is 10.4 Å². The Labute approximate surface area is 157 Å². The second-order valence-electron chi connectivity index (χ2n) is 6.81. The summed E-state index contributed by atoms with van der Waals surface area (Å²) in [6.07, 6.45) is 5.48. The molecule has 1 aliphatic rings. The SMILES string of the molecule is Cc1nc(N2CCC(COc3ncccc3C#N)CC2)c2cnn(C)c2n1. The van der Waals surface area contributed by atoms with Gasteiger partial charge in [-0.15, -0.1) is 0 Å². The van der Waals surface area contributed by atoms with Gasteiger partial charge >= 0.3 is 0 Å². The van der Waals surface area contributed by atoms with E-state index in [1.165, 1.54) is 0 Å². The van der Waals surface area contributed by atoms with E-state index >= 15 is 0 Å². The second-order valence-corrected chi connectivity index (χ2v) is 6.81. The Morgan fingerprint density at radius 1 is 1.30 bits per heavy atom. The molecule has 0 amide bonds. The summed E-state index contributed by atoms with van der Waals surface area (Å²) in [6.45, 7) is 4.30. The molecule has 0 aromatic carbocycles. The molecule has 3 aromatic heterocycles. The molecule has 4 rings (SSSR count). The Morgan fingerprint density at radius 2 is 2.11 bits per heavy atom. The van der Waals surface area contributed by atoms with Crippen LogP contribution in [0.1, 0.15) is 24.2 Å². The van der Waals surface area contributed by atoms with Crippen LogP contribution in [0.3, 0.4) is 0 Å². The van der Waals surface area contributed by atoms with Crippen molar-refractivity contribution in [2.24, 2.45) is 13.0 Å². The number of hydrogen-bond donors (Lipinski definition) is 0. The molecule has 1 fully saturated rings. The monoisotopic (exact) mass is 363 g/mol. The average Bonchev–Trinajstić information content (AvgIpc) is 3.07. The van der Waals surface area contributed by atoms with Crippen molar-refractivity contribution < 1.29 is 4.74 Å². The number of piperidine rings is 1. The van der Waals surface area contributed by atoms with E-state index in [-0.39, 0.29) is 0 Å². The summed E-state index contributed by atoms with van der Waals surface area (Å²) < 4.78 is 7.60. The van der Waals surface area contributed by atoms with Crippen LogP contribution >= 0.6 is 0 Å². The lowest BCUT2D eigenvalue weighted by Crippen LogP contribution is -2.36. The van der Waals surface area contributed by atoms with E-state index in [1.807, 2.05) is 20.2 Å². The lowest BCUT2D eigenvalue weighted by atomic mass is 9.97. The van der Waals surface area contributed by atoms with E-state index in [0.29, 0.717) is 24.0 Å². The maximum absolute atomic E-state index is 9.13. The molecule has 0 N–H and O–H groups in total. The first kappa shape index (κ1) is 17.2. The van der Waals surface area contributed by atoms with Crippen LogP contribution in [0.15, 0.2) is 24.5 Å². The smallest absolute Gasteiger partial charge is 0.231 e. The number of nitriles is 1. The predicted molar refractivity (Wildman–Crippen MR) is 100 cm³/mol. The Balaban J connectivity index is 1.42. The summed E-state index contributed by atoms with van der Waals surface area (Å²) in [6, 6.07) is 5.58. The number of aryl methyl sites for hydroxylation is 2. The van der Waals surface area contributed by atoms with Crippen LogP contribution in [-0.4, -0.2) is 44.4 Å². The highest BCUT2D eigenvalue weighted by Gasteiger charge is 2.24. The molecule has 8 nitrogen and oxygen atoms in total. The van der Waals surface area contributed by atoms with Gasteiger partial charge in [0.05, 0.1) is 18.2 Å². The zero-order valence-corrected chi connectivity index (χ0v) is 15.5. The Hall–Kier alpha value is -3.21. The summed E-state index contributed by atoms with van der Waals surface area (Å²) in [5, 5.41) is 14.4. The van der Waals surface area contributed by atoms with Crippen LogP contribution in [0.2, 0.25) is 0 Å². The third kappa shape index (κ3) is 3.40. The van der Waals surface area contributed by atoms with Crippen molar-refractivity contribution in [1.29, 1.82) is 5.26 Å². The van der Waals surface area contributed by atoms with Crippen molar-refractivity contribution in [2.75, 3.05) is 24.6 Å². The van der Waals surface area contributed by atoms with E-state index < -0.39 is 0 Å². The van der Waals surface area contributed by atoms with Crippen LogP contribution < -0.4 is 9.64 Å². The molecule has 1 saturated heterocycles. The zero-order chi connectivity index (χ0) is 18.8. The molecular formula is C19H21N7O. The molecule has 0 aliphatic carbocycles. The third-order valence-corrected chi connectivity index (χ3v) is 4.95. The largest absolute Gasteiger partial charge is 0.476 e. The summed E-state index contributed by atoms with van der Waals surface area (Å²) in [4.78, 5) is 15.6. The van der Waals surface area contributed by atoms with Gasteiger partial charge in [0.2, 0.25) is 5.88 Å². The minimum atomic E-state index is 0.422. The first-order valence-electron chi connectivity index (χ1n) is 9.05. The average molecular weight is 363 g/mol. The minimum absolute atomic E-state index is 0.422. The van der Waals surface area contributed by atoms with Crippen molar-refractivity contribution in [3.8, 4) is 11.9 Å². The first-order chi connectivity index (χ1) is 13.2. The van der Waals surface area contributed by atoms with Gasteiger partial charge in [-0.1, -0.05) is 0 Å². The quantitative estimate of drug-likeness (QED) is 0.702. The summed E-state index contributed by atoms with van der Waals surface area (Å²) in [5.74, 6) is 2.57. The highest BCUT2D eigenvalue weighted by Crippen LogP contribution is 2.28. The Bertz CT molecular complexity index is 999. The first-order valence-corrected chi connectivity index (χ1v) is 9.05. The van der Waals surface area contributed by atoms with Crippen LogP contribution in [0.4, 0.5) is 5.82 Å². The van der Waals surface area contributed by atoms with Crippen molar-refractivity contribution in [3.63, 3.8) is 0 Å². The molecular weight excluding hydrogens is 342 g/mol. The van der Waals surface area contributed by atoms with Crippen LogP contribution in [-0.2, 0) is 7.05 Å². The summed E-state index contributed by atoms with van der Waals surface area (Å²) >= 11 is 0. The number of pyridine rings is 1. The fourth-order valence-electron chi connectivity index (χ4n) is 3.45. The van der Waals surface area contributed by atoms with Gasteiger partial charge < -0.3 is 9.64 Å². The second kappa shape index (κ2) is 7.19. The van der Waals surface area contributed by atoms with Gasteiger partial charge in [-0.05, 0) is 37.8 Å². The van der Waals surface area contributed by atoms with Crippen LogP contribution in [0.25, 0.3) is 11.0 Å². The zero-order valence-electron chi connectivity index (χ0n) is 15.5. The molecule has 8 heteroatoms. The van der Waals surface area contributed by atoms with Gasteiger partial charge in [0, 0.05) is 26.3 Å². The number of nitrogens with zero attached hydrogens (tertiary/aromatic N) is 7. The summed E-state index contributed by atoms with van der Waals surface area (Å²) in [5.41, 5.74) is 1.34. The van der Waals surface area contributed by atoms with Crippen molar-refractivity contribution in [1.82, 2.24) is 24.7 Å². The number of fused-ring (bicyclic) bond motifs is 1. The predicted octanol–water partition coefficient (Wildman–Crippen LogP) is 2.23. The van der Waals surface area contributed by atoms with Gasteiger partial charge in [0.25, 0.3) is 0 Å². The molecule has 27 heavy (non-hydrogen) atoms. The molecule has 0 radical (unpaired) electrons. The molecule has 3 aromatic rings. The number of rotatable bonds is 4. The topological polar surface area (TPSA) is 92.8 Å². The lowest BCUT2D eigenvalue weighted by Gasteiger charge is -2.33. The maximum Gasteiger partial charge on any atom is 0.231 e. The molecule has 0 bridgehead atoms. The standard InChI is InChI=1S/C19H21N7O/c1-13-23-17-16(11-22-25(17)2)18(24-13)26-8-5-14(6-9-26)12-27-19-15(10-20)4-3-7-21-19/h3-4,7,11,14H,5-6,8-9,12H2,1-2H3. The lowest BCUT2D eigenvalue weighted by molar-refractivity contribution is 0.215. The van der Waals surface area contributed by atoms with Gasteiger partial charge in [-0.25, -0.2) is 15.0 Å². The van der Waals surface area contributed by atoms with Gasteiger partial charge in [0.1, 0.15) is 23.3 Å². The number of aromatic nitrogens is 5. The van der Waals surface area contributed by atoms with E-state index in [9.17, 15) is 0 Å². The number of anilines is 1. The van der Waals surface area contributed by atoms with E-state index in [2.05, 4.69) is 31.0 Å². The normalized spacial score (nSPS) is 15.1. The van der Waals surface area contributed by atoms with E-state index in [4.69, 9.17) is 10.00 Å². The van der Waals surface area contributed by atoms with E-state index in [0.717, 1.165) is 48.6 Å². The molecule has 1 aliphatic heterocycles. The van der Waals surface area contributed by atoms with Crippen LogP contribution in [0, 0.1) is 24.2 Å². The van der Waals surface area contributed by atoms with E-state index in [1.54, 1.807) is 23.0 Å². The fraction of sp³-hybridized carbons (Fsp3) is 0.421. The highest BCUT2D eigenvalue weighted by atomic mass is 16.5. The highest BCUT2D eigenvalue weighted by molar-refractivity contribution is 5.87. The molecule has 0 unspecified atom stereocenters. The van der Waals surface area contributed by atoms with Crippen LogP contribution in [0.5, 0.6) is 5.88 Å². The molecule has 0 atom stereocenters. The molecule has 0 saturated carbocycles. The number of ether oxygens (including phenoxy) is 1. The van der Waals surface area contributed by atoms with Crippen molar-refractivity contribution >= 4 is 16.9 Å². The number of hydrogen-bond acceptors (Lipinski definition) is 7. The maximum atomic E-state index is 9.13. The van der Waals surface area contributed by atoms with Gasteiger partial charge in [0.15, 0.2) is 5.65 Å². The Morgan fingerprint density at radius 3 is 2.89 bits per heavy atom. The minimum Gasteiger partial charge on any atom is -0.476 e. The molecule has 138 valence electrons. The Kier molecular flexibility index (Phi) is 4.59. The summed E-state index contributed by atoms with van der Waals surface area (Å²) in [7, 11) is 1.90.